The predicted octanol–water partition coefficient (Wildman–Crippen LogP) is 3.57. The maximum absolute atomic E-state index is 12.7. The van der Waals surface area contributed by atoms with E-state index in [1.54, 1.807) is 10.6 Å². The van der Waals surface area contributed by atoms with Gasteiger partial charge in [-0.1, -0.05) is 46.3 Å². The first-order valence-electron chi connectivity index (χ1n) is 9.41. The minimum absolute atomic E-state index is 0.179. The summed E-state index contributed by atoms with van der Waals surface area (Å²) in [5.41, 5.74) is 4.15. The Hall–Kier alpha value is -2.16. The third-order valence-electron chi connectivity index (χ3n) is 5.20. The van der Waals surface area contributed by atoms with Crippen molar-refractivity contribution in [3.63, 3.8) is 0 Å². The van der Waals surface area contributed by atoms with Crippen LogP contribution in [-0.4, -0.2) is 41.5 Å². The number of hydrogen-bond acceptors (Lipinski definition) is 4. The molecule has 0 bridgehead atoms. The molecule has 3 aromatic rings. The molecule has 4 rings (SSSR count). The lowest BCUT2D eigenvalue weighted by Crippen LogP contribution is -2.45. The van der Waals surface area contributed by atoms with Crippen LogP contribution >= 0.6 is 15.9 Å². The van der Waals surface area contributed by atoms with Crippen LogP contribution in [0.4, 0.5) is 5.69 Å². The molecule has 0 saturated heterocycles. The molecule has 2 aromatic carbocycles. The molecule has 1 aliphatic heterocycles. The molecular weight excluding hydrogens is 452 g/mol. The Morgan fingerprint density at radius 2 is 2.00 bits per heavy atom. The van der Waals surface area contributed by atoms with Crippen molar-refractivity contribution >= 4 is 31.6 Å². The lowest BCUT2D eigenvalue weighted by atomic mass is 10.1. The number of hydrogen-bond donors (Lipinski definition) is 1. The van der Waals surface area contributed by atoms with E-state index in [2.05, 4.69) is 36.9 Å². The first kappa shape index (κ1) is 20.1. The standard InChI is InChI=1S/C21H23BrN4O2S/c1-29(27,28)26-12-17-10-18(22)7-8-21(17)25(13-19-11-23-15-24-19)14-20(26)9-16-5-3-2-4-6-16/h2-8,10-11,15,20H,9,12-14H2,1H3,(H,23,24)/t20-/m1/s1. The van der Waals surface area contributed by atoms with Crippen LogP contribution in [0.5, 0.6) is 0 Å². The van der Waals surface area contributed by atoms with Crippen molar-refractivity contribution in [3.05, 3.63) is 82.3 Å². The van der Waals surface area contributed by atoms with E-state index in [0.717, 1.165) is 27.0 Å². The van der Waals surface area contributed by atoms with Gasteiger partial charge < -0.3 is 9.88 Å². The second-order valence-corrected chi connectivity index (χ2v) is 10.2. The maximum atomic E-state index is 12.7. The fourth-order valence-electron chi connectivity index (χ4n) is 3.90. The minimum Gasteiger partial charge on any atom is -0.364 e. The Morgan fingerprint density at radius 3 is 2.69 bits per heavy atom. The molecule has 8 heteroatoms. The number of rotatable bonds is 5. The predicted molar refractivity (Wildman–Crippen MR) is 118 cm³/mol. The molecule has 0 spiro atoms. The zero-order valence-electron chi connectivity index (χ0n) is 16.1. The summed E-state index contributed by atoms with van der Waals surface area (Å²) in [5.74, 6) is 0. The van der Waals surface area contributed by atoms with Crippen LogP contribution in [-0.2, 0) is 29.5 Å². The Morgan fingerprint density at radius 1 is 1.21 bits per heavy atom. The number of nitrogens with zero attached hydrogens (tertiary/aromatic N) is 3. The molecule has 0 saturated carbocycles. The van der Waals surface area contributed by atoms with E-state index < -0.39 is 10.0 Å². The summed E-state index contributed by atoms with van der Waals surface area (Å²) in [6.45, 7) is 1.58. The molecule has 29 heavy (non-hydrogen) atoms. The Bertz CT molecular complexity index is 1070. The number of benzene rings is 2. The van der Waals surface area contributed by atoms with Crippen LogP contribution in [0.15, 0.2) is 65.5 Å². The molecule has 6 nitrogen and oxygen atoms in total. The molecule has 152 valence electrons. The van der Waals surface area contributed by atoms with Crippen molar-refractivity contribution in [1.82, 2.24) is 14.3 Å². The van der Waals surface area contributed by atoms with Crippen LogP contribution < -0.4 is 4.90 Å². The highest BCUT2D eigenvalue weighted by molar-refractivity contribution is 9.10. The van der Waals surface area contributed by atoms with Gasteiger partial charge in [-0.2, -0.15) is 4.31 Å². The van der Waals surface area contributed by atoms with Crippen molar-refractivity contribution in [2.45, 2.75) is 25.6 Å². The summed E-state index contributed by atoms with van der Waals surface area (Å²) in [5, 5.41) is 0. The van der Waals surface area contributed by atoms with E-state index >= 15 is 0 Å². The average Bonchev–Trinajstić information content (AvgIpc) is 3.13. The zero-order chi connectivity index (χ0) is 20.4. The third-order valence-corrected chi connectivity index (χ3v) is 6.98. The number of nitrogens with one attached hydrogen (secondary N) is 1. The van der Waals surface area contributed by atoms with Crippen molar-refractivity contribution < 1.29 is 8.42 Å². The minimum atomic E-state index is -3.39. The fourth-order valence-corrected chi connectivity index (χ4v) is 5.36. The number of sulfonamides is 1. The molecular formula is C21H23BrN4O2S. The van der Waals surface area contributed by atoms with Crippen LogP contribution in [0.3, 0.4) is 0 Å². The molecule has 1 aliphatic rings. The first-order valence-corrected chi connectivity index (χ1v) is 12.1. The van der Waals surface area contributed by atoms with Gasteiger partial charge >= 0.3 is 0 Å². The number of fused-ring (bicyclic) bond motifs is 1. The number of aromatic amines is 1. The number of anilines is 1. The number of imidazole rings is 1. The summed E-state index contributed by atoms with van der Waals surface area (Å²) >= 11 is 3.53. The number of H-pyrrole nitrogens is 1. The van der Waals surface area contributed by atoms with Crippen molar-refractivity contribution in [3.8, 4) is 0 Å². The maximum Gasteiger partial charge on any atom is 0.211 e. The van der Waals surface area contributed by atoms with Crippen molar-refractivity contribution in [2.24, 2.45) is 0 Å². The van der Waals surface area contributed by atoms with Crippen LogP contribution in [0.2, 0.25) is 0 Å². The fraction of sp³-hybridized carbons (Fsp3) is 0.286. The SMILES string of the molecule is CS(=O)(=O)N1Cc2cc(Br)ccc2N(Cc2cnc[nH]2)C[C@H]1Cc1ccccc1. The van der Waals surface area contributed by atoms with Crippen LogP contribution in [0, 0.1) is 0 Å². The highest BCUT2D eigenvalue weighted by Gasteiger charge is 2.33. The van der Waals surface area contributed by atoms with Gasteiger partial charge in [-0.3, -0.25) is 0 Å². The second kappa shape index (κ2) is 8.30. The molecule has 1 atom stereocenters. The van der Waals surface area contributed by atoms with Crippen molar-refractivity contribution in [2.75, 3.05) is 17.7 Å². The van der Waals surface area contributed by atoms with Gasteiger partial charge in [0.2, 0.25) is 10.0 Å². The van der Waals surface area contributed by atoms with E-state index in [1.165, 1.54) is 6.26 Å². The molecule has 1 aromatic heterocycles. The van der Waals surface area contributed by atoms with E-state index in [4.69, 9.17) is 0 Å². The van der Waals surface area contributed by atoms with Gasteiger partial charge in [0, 0.05) is 35.5 Å². The topological polar surface area (TPSA) is 69.3 Å². The van der Waals surface area contributed by atoms with Gasteiger partial charge in [0.05, 0.1) is 24.8 Å². The second-order valence-electron chi connectivity index (χ2n) is 7.38. The number of aromatic nitrogens is 2. The highest BCUT2D eigenvalue weighted by atomic mass is 79.9. The molecule has 0 unspecified atom stereocenters. The summed E-state index contributed by atoms with van der Waals surface area (Å²) < 4.78 is 28.1. The van der Waals surface area contributed by atoms with Gasteiger partial charge in [0.15, 0.2) is 0 Å². The van der Waals surface area contributed by atoms with E-state index in [-0.39, 0.29) is 6.04 Å². The molecule has 2 heterocycles. The molecule has 0 aliphatic carbocycles. The lowest BCUT2D eigenvalue weighted by Gasteiger charge is -2.31. The largest absolute Gasteiger partial charge is 0.364 e. The van der Waals surface area contributed by atoms with Gasteiger partial charge in [0.1, 0.15) is 0 Å². The van der Waals surface area contributed by atoms with E-state index in [0.29, 0.717) is 26.1 Å². The summed E-state index contributed by atoms with van der Waals surface area (Å²) in [4.78, 5) is 9.53. The van der Waals surface area contributed by atoms with Gasteiger partial charge in [-0.15, -0.1) is 0 Å². The summed E-state index contributed by atoms with van der Waals surface area (Å²) in [7, 11) is -3.39. The smallest absolute Gasteiger partial charge is 0.211 e. The van der Waals surface area contributed by atoms with Crippen LogP contribution in [0.25, 0.3) is 0 Å². The normalized spacial score (nSPS) is 17.7. The monoisotopic (exact) mass is 474 g/mol. The van der Waals surface area contributed by atoms with Gasteiger partial charge in [-0.05, 0) is 35.7 Å². The highest BCUT2D eigenvalue weighted by Crippen LogP contribution is 2.32. The first-order chi connectivity index (χ1) is 13.9. The Kier molecular flexibility index (Phi) is 5.76. The van der Waals surface area contributed by atoms with Gasteiger partial charge in [0.25, 0.3) is 0 Å². The van der Waals surface area contributed by atoms with Crippen LogP contribution in [0.1, 0.15) is 16.8 Å². The molecule has 1 N–H and O–H groups in total. The quantitative estimate of drug-likeness (QED) is 0.613. The van der Waals surface area contributed by atoms with Gasteiger partial charge in [-0.25, -0.2) is 13.4 Å². The lowest BCUT2D eigenvalue weighted by molar-refractivity contribution is 0.320. The summed E-state index contributed by atoms with van der Waals surface area (Å²) in [6, 6.07) is 15.9. The average molecular weight is 475 g/mol. The zero-order valence-corrected chi connectivity index (χ0v) is 18.5. The molecule has 0 radical (unpaired) electrons. The Balaban J connectivity index is 1.75. The molecule has 0 fully saturated rings. The Labute approximate surface area is 179 Å². The third kappa shape index (κ3) is 4.71. The van der Waals surface area contributed by atoms with E-state index in [1.807, 2.05) is 48.7 Å². The van der Waals surface area contributed by atoms with E-state index in [9.17, 15) is 8.42 Å². The molecule has 0 amide bonds. The summed E-state index contributed by atoms with van der Waals surface area (Å²) in [6.07, 6.45) is 5.43. The number of halogens is 1. The van der Waals surface area contributed by atoms with Crippen molar-refractivity contribution in [1.29, 1.82) is 0 Å².